The van der Waals surface area contributed by atoms with E-state index in [4.69, 9.17) is 0 Å². The highest BCUT2D eigenvalue weighted by Gasteiger charge is 2.27. The summed E-state index contributed by atoms with van der Waals surface area (Å²) in [5.41, 5.74) is 0.369. The van der Waals surface area contributed by atoms with Crippen molar-refractivity contribution in [3.8, 4) is 0 Å². The first-order valence-electron chi connectivity index (χ1n) is 7.95. The molecule has 0 unspecified atom stereocenters. The van der Waals surface area contributed by atoms with E-state index in [2.05, 4.69) is 0 Å². The van der Waals surface area contributed by atoms with Crippen LogP contribution in [0.2, 0.25) is 0 Å². The Balaban J connectivity index is 2.45. The van der Waals surface area contributed by atoms with Gasteiger partial charge in [-0.3, -0.25) is 10.1 Å². The monoisotopic (exact) mass is 341 g/mol. The van der Waals surface area contributed by atoms with Gasteiger partial charge in [-0.2, -0.15) is 4.31 Å². The molecule has 1 aromatic rings. The van der Waals surface area contributed by atoms with Gasteiger partial charge in [-0.15, -0.1) is 0 Å². The molecule has 128 valence electrons. The molecule has 1 saturated heterocycles. The van der Waals surface area contributed by atoms with Gasteiger partial charge in [-0.25, -0.2) is 8.42 Å². The van der Waals surface area contributed by atoms with Gasteiger partial charge >= 0.3 is 0 Å². The minimum absolute atomic E-state index is 0.0198. The maximum atomic E-state index is 12.5. The lowest BCUT2D eigenvalue weighted by molar-refractivity contribution is -0.384. The number of nitro benzene ring substituents is 1. The maximum Gasteiger partial charge on any atom is 0.293 e. The van der Waals surface area contributed by atoms with E-state index in [9.17, 15) is 18.5 Å². The minimum Gasteiger partial charge on any atom is -0.366 e. The van der Waals surface area contributed by atoms with Crippen LogP contribution in [0.25, 0.3) is 0 Å². The molecular formula is C15H23N3O4S. The van der Waals surface area contributed by atoms with E-state index in [1.165, 1.54) is 16.4 Å². The van der Waals surface area contributed by atoms with Crippen LogP contribution >= 0.6 is 0 Å². The topological polar surface area (TPSA) is 83.8 Å². The third-order valence-corrected chi connectivity index (χ3v) is 6.23. The molecule has 7 nitrogen and oxygen atoms in total. The van der Waals surface area contributed by atoms with Crippen molar-refractivity contribution in [1.29, 1.82) is 0 Å². The molecule has 0 bridgehead atoms. The lowest BCUT2D eigenvalue weighted by Crippen LogP contribution is -2.31. The third-order valence-electron chi connectivity index (χ3n) is 4.18. The van der Waals surface area contributed by atoms with Crippen LogP contribution in [-0.2, 0) is 10.0 Å². The molecular weight excluding hydrogens is 318 g/mol. The van der Waals surface area contributed by atoms with Crippen molar-refractivity contribution in [2.75, 3.05) is 31.1 Å². The average molecular weight is 341 g/mol. The Morgan fingerprint density at radius 1 is 1.17 bits per heavy atom. The number of rotatable bonds is 6. The molecule has 1 heterocycles. The highest BCUT2D eigenvalue weighted by Crippen LogP contribution is 2.33. The van der Waals surface area contributed by atoms with Crippen molar-refractivity contribution in [3.05, 3.63) is 28.3 Å². The number of sulfonamides is 1. The number of hydrogen-bond donors (Lipinski definition) is 0. The van der Waals surface area contributed by atoms with Crippen molar-refractivity contribution in [3.63, 3.8) is 0 Å². The van der Waals surface area contributed by atoms with Crippen molar-refractivity contribution in [1.82, 2.24) is 4.31 Å². The highest BCUT2D eigenvalue weighted by molar-refractivity contribution is 7.89. The molecule has 0 N–H and O–H groups in total. The van der Waals surface area contributed by atoms with Gasteiger partial charge in [-0.05, 0) is 31.4 Å². The first kappa shape index (κ1) is 17.7. The zero-order valence-electron chi connectivity index (χ0n) is 13.6. The smallest absolute Gasteiger partial charge is 0.293 e. The van der Waals surface area contributed by atoms with Crippen LogP contribution in [0.4, 0.5) is 11.4 Å². The fraction of sp³-hybridized carbons (Fsp3) is 0.600. The summed E-state index contributed by atoms with van der Waals surface area (Å²) in [6.07, 6.45) is 3.12. The summed E-state index contributed by atoms with van der Waals surface area (Å²) < 4.78 is 26.4. The third kappa shape index (κ3) is 3.64. The van der Waals surface area contributed by atoms with Crippen LogP contribution < -0.4 is 4.90 Å². The van der Waals surface area contributed by atoms with Crippen LogP contribution in [0.5, 0.6) is 0 Å². The van der Waals surface area contributed by atoms with Gasteiger partial charge in [0.25, 0.3) is 5.69 Å². The van der Waals surface area contributed by atoms with Crippen molar-refractivity contribution >= 4 is 21.4 Å². The van der Waals surface area contributed by atoms with Gasteiger partial charge in [0.05, 0.1) is 9.82 Å². The Kier molecular flexibility index (Phi) is 5.59. The number of hydrogen-bond acceptors (Lipinski definition) is 5. The molecule has 1 fully saturated rings. The SMILES string of the molecule is CCN(CC)S(=O)(=O)c1ccc(N2CCCCC2)c([N+](=O)[O-])c1. The standard InChI is InChI=1S/C15H23N3O4S/c1-3-17(4-2)23(21,22)13-8-9-14(15(12-13)18(19)20)16-10-6-5-7-11-16/h8-9,12H,3-7,10-11H2,1-2H3. The largest absolute Gasteiger partial charge is 0.366 e. The molecule has 1 aromatic carbocycles. The number of piperidine rings is 1. The van der Waals surface area contributed by atoms with Gasteiger partial charge < -0.3 is 4.90 Å². The first-order chi connectivity index (χ1) is 10.9. The first-order valence-corrected chi connectivity index (χ1v) is 9.39. The van der Waals surface area contributed by atoms with E-state index < -0.39 is 14.9 Å². The van der Waals surface area contributed by atoms with Gasteiger partial charge in [0.15, 0.2) is 0 Å². The molecule has 0 amide bonds. The Morgan fingerprint density at radius 3 is 2.30 bits per heavy atom. The summed E-state index contributed by atoms with van der Waals surface area (Å²) in [7, 11) is -3.69. The molecule has 0 aromatic heterocycles. The second kappa shape index (κ2) is 7.27. The van der Waals surface area contributed by atoms with E-state index in [1.807, 2.05) is 4.90 Å². The van der Waals surface area contributed by atoms with Gasteiger partial charge in [0.1, 0.15) is 5.69 Å². The maximum absolute atomic E-state index is 12.5. The summed E-state index contributed by atoms with van der Waals surface area (Å²) in [5, 5.41) is 11.4. The lowest BCUT2D eigenvalue weighted by Gasteiger charge is -2.28. The van der Waals surface area contributed by atoms with Crippen LogP contribution in [0.1, 0.15) is 33.1 Å². The van der Waals surface area contributed by atoms with Crippen molar-refractivity contribution in [2.45, 2.75) is 38.0 Å². The Morgan fingerprint density at radius 2 is 1.78 bits per heavy atom. The molecule has 8 heteroatoms. The molecule has 23 heavy (non-hydrogen) atoms. The van der Waals surface area contributed by atoms with Gasteiger partial charge in [-0.1, -0.05) is 13.8 Å². The molecule has 0 saturated carbocycles. The predicted molar refractivity (Wildman–Crippen MR) is 89.3 cm³/mol. The van der Waals surface area contributed by atoms with Crippen LogP contribution in [0, 0.1) is 10.1 Å². The summed E-state index contributed by atoms with van der Waals surface area (Å²) in [6, 6.07) is 4.24. The predicted octanol–water partition coefficient (Wildman–Crippen LogP) is 2.62. The lowest BCUT2D eigenvalue weighted by atomic mass is 10.1. The fourth-order valence-corrected chi connectivity index (χ4v) is 4.40. The van der Waals surface area contributed by atoms with E-state index in [-0.39, 0.29) is 10.6 Å². The zero-order valence-corrected chi connectivity index (χ0v) is 14.4. The zero-order chi connectivity index (χ0) is 17.0. The number of anilines is 1. The van der Waals surface area contributed by atoms with Gasteiger partial charge in [0.2, 0.25) is 10.0 Å². The summed E-state index contributed by atoms with van der Waals surface area (Å²) in [4.78, 5) is 12.9. The second-order valence-corrected chi connectivity index (χ2v) is 7.48. The number of nitro groups is 1. The van der Waals surface area contributed by atoms with E-state index in [0.29, 0.717) is 18.8 Å². The molecule has 0 atom stereocenters. The van der Waals surface area contributed by atoms with E-state index >= 15 is 0 Å². The normalized spacial score (nSPS) is 15.9. The molecule has 0 spiro atoms. The molecule has 0 radical (unpaired) electrons. The molecule has 0 aliphatic carbocycles. The number of benzene rings is 1. The minimum atomic E-state index is -3.69. The van der Waals surface area contributed by atoms with Crippen LogP contribution in [0.3, 0.4) is 0 Å². The second-order valence-electron chi connectivity index (χ2n) is 5.54. The van der Waals surface area contributed by atoms with Crippen molar-refractivity contribution < 1.29 is 13.3 Å². The van der Waals surface area contributed by atoms with Crippen LogP contribution in [-0.4, -0.2) is 43.8 Å². The van der Waals surface area contributed by atoms with Gasteiger partial charge in [0, 0.05) is 32.2 Å². The molecule has 2 rings (SSSR count). The Labute approximate surface area is 137 Å². The molecule has 1 aliphatic heterocycles. The fourth-order valence-electron chi connectivity index (χ4n) is 2.92. The summed E-state index contributed by atoms with van der Waals surface area (Å²) in [5.74, 6) is 0. The Bertz CT molecular complexity index is 665. The van der Waals surface area contributed by atoms with E-state index in [0.717, 1.165) is 32.4 Å². The summed E-state index contributed by atoms with van der Waals surface area (Å²) >= 11 is 0. The Hall–Kier alpha value is -1.67. The summed E-state index contributed by atoms with van der Waals surface area (Å²) in [6.45, 7) is 5.70. The molecule has 1 aliphatic rings. The highest BCUT2D eigenvalue weighted by atomic mass is 32.2. The van der Waals surface area contributed by atoms with Crippen molar-refractivity contribution in [2.24, 2.45) is 0 Å². The van der Waals surface area contributed by atoms with Crippen LogP contribution in [0.15, 0.2) is 23.1 Å². The van der Waals surface area contributed by atoms with E-state index in [1.54, 1.807) is 19.9 Å². The quantitative estimate of drug-likeness (QED) is 0.586. The average Bonchev–Trinajstić information content (AvgIpc) is 2.56. The number of nitrogens with zero attached hydrogens (tertiary/aromatic N) is 3.